The summed E-state index contributed by atoms with van der Waals surface area (Å²) in [5.41, 5.74) is 10.4. The summed E-state index contributed by atoms with van der Waals surface area (Å²) in [7, 11) is -3.00. The van der Waals surface area contributed by atoms with E-state index < -0.39 is 21.8 Å². The number of quaternary nitrogens is 1. The van der Waals surface area contributed by atoms with Crippen molar-refractivity contribution in [3.8, 4) is 0 Å². The number of sulfone groups is 1. The molecule has 1 heterocycles. The van der Waals surface area contributed by atoms with Crippen molar-refractivity contribution < 1.29 is 28.6 Å². The zero-order valence-electron chi connectivity index (χ0n) is 10.7. The Morgan fingerprint density at radius 2 is 2.16 bits per heavy atom. The van der Waals surface area contributed by atoms with Gasteiger partial charge in [0.25, 0.3) is 0 Å². The molecular formula is C10H21N4O4S+. The average molecular weight is 293 g/mol. The summed E-state index contributed by atoms with van der Waals surface area (Å²) in [5, 5.41) is 12.6. The average Bonchev–Trinajstić information content (AvgIpc) is 2.62. The van der Waals surface area contributed by atoms with Crippen LogP contribution in [0.1, 0.15) is 19.3 Å². The second-order valence-corrected chi connectivity index (χ2v) is 7.03. The number of rotatable bonds is 7. The number of guanidine groups is 1. The summed E-state index contributed by atoms with van der Waals surface area (Å²) in [5.74, 6) is -0.906. The van der Waals surface area contributed by atoms with E-state index in [9.17, 15) is 18.3 Å². The zero-order chi connectivity index (χ0) is 14.5. The summed E-state index contributed by atoms with van der Waals surface area (Å²) in [4.78, 5) is 13.7. The number of carbonyl (C=O) groups is 1. The Morgan fingerprint density at radius 1 is 1.47 bits per heavy atom. The molecule has 9 heteroatoms. The Bertz CT molecular complexity index is 444. The fourth-order valence-corrected chi connectivity index (χ4v) is 3.91. The van der Waals surface area contributed by atoms with Crippen LogP contribution in [0.2, 0.25) is 0 Å². The Balaban J connectivity index is 2.41. The fourth-order valence-electron chi connectivity index (χ4n) is 2.15. The van der Waals surface area contributed by atoms with Crippen LogP contribution < -0.4 is 26.9 Å². The van der Waals surface area contributed by atoms with Crippen LogP contribution in [0.5, 0.6) is 0 Å². The van der Waals surface area contributed by atoms with Gasteiger partial charge in [-0.05, 0) is 6.42 Å². The molecule has 1 aliphatic rings. The predicted octanol–water partition coefficient (Wildman–Crippen LogP) is -6.01. The Labute approximate surface area is 112 Å². The van der Waals surface area contributed by atoms with E-state index in [0.29, 0.717) is 25.8 Å². The van der Waals surface area contributed by atoms with Gasteiger partial charge in [0, 0.05) is 12.8 Å². The highest BCUT2D eigenvalue weighted by Gasteiger charge is 2.32. The normalized spacial score (nSPS) is 22.8. The first-order valence-electron chi connectivity index (χ1n) is 6.18. The third-order valence-corrected chi connectivity index (χ3v) is 4.89. The fraction of sp³-hybridized carbons (Fsp3) is 0.800. The Kier molecular flexibility index (Phi) is 5.55. The maximum Gasteiger partial charge on any atom is 0.338 e. The molecule has 0 aromatic rings. The van der Waals surface area contributed by atoms with Gasteiger partial charge in [-0.25, -0.2) is 8.42 Å². The molecule has 0 aromatic heterocycles. The van der Waals surface area contributed by atoms with Crippen molar-refractivity contribution in [1.29, 1.82) is 0 Å². The van der Waals surface area contributed by atoms with Crippen LogP contribution in [-0.4, -0.2) is 50.5 Å². The van der Waals surface area contributed by atoms with Gasteiger partial charge < -0.3 is 15.2 Å². The van der Waals surface area contributed by atoms with Crippen molar-refractivity contribution in [2.45, 2.75) is 31.3 Å². The largest absolute Gasteiger partial charge is 0.544 e. The molecule has 7 N–H and O–H groups in total. The van der Waals surface area contributed by atoms with Gasteiger partial charge in [0.15, 0.2) is 9.84 Å². The van der Waals surface area contributed by atoms with Crippen LogP contribution in [0.25, 0.3) is 0 Å². The molecule has 19 heavy (non-hydrogen) atoms. The zero-order valence-corrected chi connectivity index (χ0v) is 11.5. The number of nitrogens with two attached hydrogens (primary N) is 3. The highest BCUT2D eigenvalue weighted by molar-refractivity contribution is 7.91. The van der Waals surface area contributed by atoms with Gasteiger partial charge in [0.2, 0.25) is 0 Å². The predicted molar refractivity (Wildman–Crippen MR) is 66.2 cm³/mol. The number of nitrogens with one attached hydrogen (secondary N) is 1. The minimum absolute atomic E-state index is 0.0402. The third-order valence-electron chi connectivity index (χ3n) is 3.10. The van der Waals surface area contributed by atoms with Gasteiger partial charge in [-0.2, -0.15) is 0 Å². The molecule has 0 aromatic carbocycles. The molecule has 110 valence electrons. The lowest BCUT2D eigenvalue weighted by Gasteiger charge is -2.19. The number of carboxylic acid groups (broad SMARTS) is 1. The van der Waals surface area contributed by atoms with Gasteiger partial charge in [0.05, 0.1) is 18.3 Å². The minimum atomic E-state index is -3.00. The van der Waals surface area contributed by atoms with Crippen LogP contribution in [0.15, 0.2) is 0 Å². The Hall–Kier alpha value is -1.35. The van der Waals surface area contributed by atoms with Crippen molar-refractivity contribution in [2.24, 2.45) is 11.5 Å². The molecule has 0 saturated carbocycles. The van der Waals surface area contributed by atoms with Gasteiger partial charge in [-0.15, -0.1) is 0 Å². The number of aliphatic carboxylic acids is 1. The van der Waals surface area contributed by atoms with Crippen molar-refractivity contribution in [3.63, 3.8) is 0 Å². The summed E-state index contributed by atoms with van der Waals surface area (Å²) in [6.45, 7) is 0.475. The highest BCUT2D eigenvalue weighted by atomic mass is 32.2. The lowest BCUT2D eigenvalue weighted by Crippen LogP contribution is -2.98. The quantitative estimate of drug-likeness (QED) is 0.208. The van der Waals surface area contributed by atoms with E-state index in [0.717, 1.165) is 0 Å². The van der Waals surface area contributed by atoms with Crippen LogP contribution >= 0.6 is 0 Å². The summed E-state index contributed by atoms with van der Waals surface area (Å²) in [6, 6.07) is -0.925. The molecule has 1 saturated heterocycles. The van der Waals surface area contributed by atoms with Crippen molar-refractivity contribution in [2.75, 3.05) is 18.1 Å². The second kappa shape index (κ2) is 6.71. The topological polar surface area (TPSA) is 157 Å². The monoisotopic (exact) mass is 293 g/mol. The van der Waals surface area contributed by atoms with Crippen LogP contribution in [-0.2, 0) is 14.6 Å². The SMILES string of the molecule is NC(N)=[NH+]CCC[C@@H]([NH2+][C@@H]1CCS(=O)(=O)C1)C(=O)[O-]. The van der Waals surface area contributed by atoms with Gasteiger partial charge in [-0.1, -0.05) is 0 Å². The third kappa shape index (κ3) is 5.88. The molecule has 0 radical (unpaired) electrons. The first kappa shape index (κ1) is 15.7. The van der Waals surface area contributed by atoms with E-state index in [1.54, 1.807) is 5.32 Å². The van der Waals surface area contributed by atoms with Gasteiger partial charge in [-0.3, -0.25) is 16.5 Å². The lowest BCUT2D eigenvalue weighted by molar-refractivity contribution is -0.711. The van der Waals surface area contributed by atoms with Crippen LogP contribution in [0.4, 0.5) is 0 Å². The number of hydrogen-bond donors (Lipinski definition) is 4. The van der Waals surface area contributed by atoms with Crippen molar-refractivity contribution >= 4 is 21.8 Å². The van der Waals surface area contributed by atoms with Gasteiger partial charge >= 0.3 is 5.96 Å². The van der Waals surface area contributed by atoms with E-state index >= 15 is 0 Å². The van der Waals surface area contributed by atoms with E-state index in [-0.39, 0.29) is 23.5 Å². The Morgan fingerprint density at radius 3 is 2.63 bits per heavy atom. The maximum atomic E-state index is 11.3. The second-order valence-electron chi connectivity index (χ2n) is 4.81. The van der Waals surface area contributed by atoms with E-state index in [1.807, 2.05) is 0 Å². The molecule has 0 amide bonds. The summed E-state index contributed by atoms with van der Waals surface area (Å²) >= 11 is 0. The number of carbonyl (C=O) groups excluding carboxylic acids is 1. The van der Waals surface area contributed by atoms with E-state index in [2.05, 4.69) is 4.99 Å². The van der Waals surface area contributed by atoms with Crippen molar-refractivity contribution in [1.82, 2.24) is 0 Å². The molecule has 8 nitrogen and oxygen atoms in total. The molecule has 2 atom stereocenters. The molecule has 0 spiro atoms. The molecule has 0 bridgehead atoms. The number of carboxylic acids is 1. The molecule has 0 unspecified atom stereocenters. The first-order valence-corrected chi connectivity index (χ1v) is 8.00. The molecule has 1 aliphatic heterocycles. The van der Waals surface area contributed by atoms with Crippen LogP contribution in [0, 0.1) is 0 Å². The van der Waals surface area contributed by atoms with E-state index in [4.69, 9.17) is 11.5 Å². The summed E-state index contributed by atoms with van der Waals surface area (Å²) in [6.07, 6.45) is 1.43. The highest BCUT2D eigenvalue weighted by Crippen LogP contribution is 2.08. The standard InChI is InChI=1S/C10H20N4O4S/c11-10(12)13-4-1-2-8(9(15)16)14-7-3-5-19(17,18)6-7/h7-8,14H,1-6H2,(H,15,16)(H4,11,12,13)/p+1/t7-,8-/m1/s1. The van der Waals surface area contributed by atoms with Crippen molar-refractivity contribution in [3.05, 3.63) is 0 Å². The molecule has 1 fully saturated rings. The summed E-state index contributed by atoms with van der Waals surface area (Å²) < 4.78 is 22.6. The molecule has 0 aliphatic carbocycles. The van der Waals surface area contributed by atoms with Crippen LogP contribution in [0.3, 0.4) is 0 Å². The molecule has 1 rings (SSSR count). The minimum Gasteiger partial charge on any atom is -0.544 e. The lowest BCUT2D eigenvalue weighted by atomic mass is 10.1. The van der Waals surface area contributed by atoms with E-state index in [1.165, 1.54) is 0 Å². The maximum absolute atomic E-state index is 11.3. The van der Waals surface area contributed by atoms with Gasteiger partial charge in [0.1, 0.15) is 17.8 Å². The number of hydrogen-bond acceptors (Lipinski definition) is 4. The smallest absolute Gasteiger partial charge is 0.338 e. The molecular weight excluding hydrogens is 272 g/mol. The first-order chi connectivity index (χ1) is 8.80.